The van der Waals surface area contributed by atoms with Crippen LogP contribution in [0.2, 0.25) is 0 Å². The minimum Gasteiger partial charge on any atom is -0.321 e. The van der Waals surface area contributed by atoms with E-state index in [0.29, 0.717) is 24.2 Å². The monoisotopic (exact) mass is 259 g/mol. The van der Waals surface area contributed by atoms with Gasteiger partial charge in [-0.15, -0.1) is 10.2 Å². The van der Waals surface area contributed by atoms with E-state index < -0.39 is 0 Å². The smallest absolute Gasteiger partial charge is 0.133 e. The highest BCUT2D eigenvalue weighted by Crippen LogP contribution is 2.09. The molecule has 0 radical (unpaired) electrons. The molecule has 19 heavy (non-hydrogen) atoms. The van der Waals surface area contributed by atoms with Crippen molar-refractivity contribution >= 4 is 0 Å². The van der Waals surface area contributed by atoms with Crippen LogP contribution < -0.4 is 5.32 Å². The summed E-state index contributed by atoms with van der Waals surface area (Å²) < 4.78 is 15.3. The quantitative estimate of drug-likeness (QED) is 0.818. The van der Waals surface area contributed by atoms with Crippen LogP contribution in [-0.4, -0.2) is 21.3 Å². The first-order valence-corrected chi connectivity index (χ1v) is 5.93. The van der Waals surface area contributed by atoms with Crippen molar-refractivity contribution in [3.05, 3.63) is 47.3 Å². The number of aromatic nitrogens is 3. The van der Waals surface area contributed by atoms with Crippen molar-refractivity contribution in [3.63, 3.8) is 0 Å². The minimum atomic E-state index is -0.301. The molecule has 0 bridgehead atoms. The average Bonchev–Trinajstić information content (AvgIpc) is 2.82. The summed E-state index contributed by atoms with van der Waals surface area (Å²) in [4.78, 5) is 0. The predicted molar refractivity (Wildman–Crippen MR) is 67.5 cm³/mol. The number of benzene rings is 1. The first kappa shape index (κ1) is 13.2. The van der Waals surface area contributed by atoms with Gasteiger partial charge in [0.05, 0.1) is 11.6 Å². The second-order valence-electron chi connectivity index (χ2n) is 4.20. The molecule has 1 aromatic heterocycles. The molecule has 0 saturated carbocycles. The minimum absolute atomic E-state index is 0.301. The van der Waals surface area contributed by atoms with Crippen LogP contribution in [0.3, 0.4) is 0 Å². The van der Waals surface area contributed by atoms with Crippen molar-refractivity contribution in [1.29, 1.82) is 5.26 Å². The highest BCUT2D eigenvalue weighted by Gasteiger charge is 2.04. The Morgan fingerprint density at radius 1 is 1.47 bits per heavy atom. The SMILES string of the molecule is Cn1cnnc1CCNCc1cc(C#N)ccc1F. The van der Waals surface area contributed by atoms with E-state index in [2.05, 4.69) is 15.5 Å². The van der Waals surface area contributed by atoms with Crippen LogP contribution in [0.5, 0.6) is 0 Å². The van der Waals surface area contributed by atoms with E-state index in [9.17, 15) is 4.39 Å². The third-order valence-electron chi connectivity index (χ3n) is 2.82. The first-order chi connectivity index (χ1) is 9.20. The summed E-state index contributed by atoms with van der Waals surface area (Å²) in [5, 5.41) is 19.6. The molecule has 98 valence electrons. The van der Waals surface area contributed by atoms with Crippen molar-refractivity contribution in [3.8, 4) is 6.07 Å². The Labute approximate surface area is 110 Å². The fourth-order valence-corrected chi connectivity index (χ4v) is 1.74. The van der Waals surface area contributed by atoms with Gasteiger partial charge >= 0.3 is 0 Å². The number of hydrogen-bond acceptors (Lipinski definition) is 4. The van der Waals surface area contributed by atoms with Gasteiger partial charge in [0.15, 0.2) is 0 Å². The summed E-state index contributed by atoms with van der Waals surface area (Å²) in [7, 11) is 1.88. The van der Waals surface area contributed by atoms with Gasteiger partial charge in [-0.05, 0) is 18.2 Å². The van der Waals surface area contributed by atoms with Crippen LogP contribution in [-0.2, 0) is 20.0 Å². The number of nitrogens with one attached hydrogen (secondary N) is 1. The zero-order valence-electron chi connectivity index (χ0n) is 10.6. The molecule has 0 saturated heterocycles. The van der Waals surface area contributed by atoms with Crippen LogP contribution in [0.15, 0.2) is 24.5 Å². The van der Waals surface area contributed by atoms with Gasteiger partial charge in [-0.2, -0.15) is 5.26 Å². The Balaban J connectivity index is 1.86. The van der Waals surface area contributed by atoms with Crippen molar-refractivity contribution in [2.45, 2.75) is 13.0 Å². The third-order valence-corrected chi connectivity index (χ3v) is 2.82. The van der Waals surface area contributed by atoms with Gasteiger partial charge in [-0.3, -0.25) is 0 Å². The van der Waals surface area contributed by atoms with E-state index in [1.165, 1.54) is 12.1 Å². The standard InChI is InChI=1S/C13H14FN5/c1-19-9-17-18-13(19)4-5-16-8-11-6-10(7-15)2-3-12(11)14/h2-3,6,9,16H,4-5,8H2,1H3. The van der Waals surface area contributed by atoms with Gasteiger partial charge in [0, 0.05) is 32.1 Å². The molecule has 1 aromatic carbocycles. The summed E-state index contributed by atoms with van der Waals surface area (Å²) in [5.41, 5.74) is 0.962. The van der Waals surface area contributed by atoms with Crippen LogP contribution in [0, 0.1) is 17.1 Å². The maximum atomic E-state index is 13.5. The molecule has 0 aliphatic heterocycles. The topological polar surface area (TPSA) is 66.5 Å². The summed E-state index contributed by atoms with van der Waals surface area (Å²) in [5.74, 6) is 0.573. The lowest BCUT2D eigenvalue weighted by atomic mass is 10.1. The van der Waals surface area contributed by atoms with Gasteiger partial charge in [0.2, 0.25) is 0 Å². The molecule has 6 heteroatoms. The molecule has 2 aromatic rings. The zero-order valence-corrected chi connectivity index (χ0v) is 10.6. The van der Waals surface area contributed by atoms with Crippen molar-refractivity contribution in [2.24, 2.45) is 7.05 Å². The highest BCUT2D eigenvalue weighted by molar-refractivity contribution is 5.33. The van der Waals surface area contributed by atoms with Gasteiger partial charge < -0.3 is 9.88 Å². The Hall–Kier alpha value is -2.26. The number of aryl methyl sites for hydroxylation is 1. The van der Waals surface area contributed by atoms with E-state index in [0.717, 1.165) is 12.2 Å². The molecular formula is C13H14FN5. The lowest BCUT2D eigenvalue weighted by molar-refractivity contribution is 0.584. The summed E-state index contributed by atoms with van der Waals surface area (Å²) in [6.07, 6.45) is 2.36. The molecule has 5 nitrogen and oxygen atoms in total. The molecular weight excluding hydrogens is 245 g/mol. The van der Waals surface area contributed by atoms with Crippen molar-refractivity contribution in [1.82, 2.24) is 20.1 Å². The van der Waals surface area contributed by atoms with Gasteiger partial charge in [0.25, 0.3) is 0 Å². The molecule has 0 fully saturated rings. The van der Waals surface area contributed by atoms with E-state index in [-0.39, 0.29) is 5.82 Å². The molecule has 0 aliphatic rings. The Bertz CT molecular complexity index is 599. The molecule has 2 rings (SSSR count). The lowest BCUT2D eigenvalue weighted by Crippen LogP contribution is -2.19. The number of rotatable bonds is 5. The molecule has 1 heterocycles. The predicted octanol–water partition coefficient (Wildman–Crippen LogP) is 1.16. The van der Waals surface area contributed by atoms with E-state index in [1.54, 1.807) is 12.4 Å². The van der Waals surface area contributed by atoms with Crippen LogP contribution in [0.1, 0.15) is 17.0 Å². The lowest BCUT2D eigenvalue weighted by Gasteiger charge is -2.06. The molecule has 0 atom stereocenters. The van der Waals surface area contributed by atoms with Gasteiger partial charge in [0.1, 0.15) is 18.0 Å². The second-order valence-corrected chi connectivity index (χ2v) is 4.20. The maximum absolute atomic E-state index is 13.5. The van der Waals surface area contributed by atoms with Crippen molar-refractivity contribution in [2.75, 3.05) is 6.54 Å². The fourth-order valence-electron chi connectivity index (χ4n) is 1.74. The molecule has 0 aliphatic carbocycles. The second kappa shape index (κ2) is 6.07. The van der Waals surface area contributed by atoms with Crippen LogP contribution in [0.25, 0.3) is 0 Å². The number of hydrogen-bond donors (Lipinski definition) is 1. The Morgan fingerprint density at radius 2 is 2.32 bits per heavy atom. The Kier molecular flexibility index (Phi) is 4.21. The molecule has 1 N–H and O–H groups in total. The number of nitrogens with zero attached hydrogens (tertiary/aromatic N) is 4. The van der Waals surface area contributed by atoms with Crippen molar-refractivity contribution < 1.29 is 4.39 Å². The van der Waals surface area contributed by atoms with Gasteiger partial charge in [-0.1, -0.05) is 0 Å². The average molecular weight is 259 g/mol. The highest BCUT2D eigenvalue weighted by atomic mass is 19.1. The van der Waals surface area contributed by atoms with E-state index in [4.69, 9.17) is 5.26 Å². The van der Waals surface area contributed by atoms with Crippen LogP contribution in [0.4, 0.5) is 4.39 Å². The fraction of sp³-hybridized carbons (Fsp3) is 0.308. The Morgan fingerprint density at radius 3 is 3.00 bits per heavy atom. The molecule has 0 spiro atoms. The van der Waals surface area contributed by atoms with E-state index >= 15 is 0 Å². The summed E-state index contributed by atoms with van der Waals surface area (Å²) >= 11 is 0. The third kappa shape index (κ3) is 3.36. The maximum Gasteiger partial charge on any atom is 0.133 e. The zero-order chi connectivity index (χ0) is 13.7. The van der Waals surface area contributed by atoms with E-state index in [1.807, 2.05) is 17.7 Å². The largest absolute Gasteiger partial charge is 0.321 e. The number of nitriles is 1. The van der Waals surface area contributed by atoms with Gasteiger partial charge in [-0.25, -0.2) is 4.39 Å². The summed E-state index contributed by atoms with van der Waals surface area (Å²) in [6, 6.07) is 6.35. The molecule has 0 unspecified atom stereocenters. The van der Waals surface area contributed by atoms with Crippen LogP contribution >= 0.6 is 0 Å². The normalized spacial score (nSPS) is 10.4. The first-order valence-electron chi connectivity index (χ1n) is 5.93. The number of halogens is 1. The molecule has 0 amide bonds. The summed E-state index contributed by atoms with van der Waals surface area (Å²) in [6.45, 7) is 1.06.